The SMILES string of the molecule is CCn1cnnc1NC(=O)c1c(C)nn(CC)c1C. The van der Waals surface area contributed by atoms with E-state index in [2.05, 4.69) is 20.6 Å². The van der Waals surface area contributed by atoms with E-state index in [0.29, 0.717) is 18.1 Å². The summed E-state index contributed by atoms with van der Waals surface area (Å²) in [7, 11) is 0. The molecule has 0 unspecified atom stereocenters. The van der Waals surface area contributed by atoms with Gasteiger partial charge in [-0.05, 0) is 27.7 Å². The Balaban J connectivity index is 2.28. The van der Waals surface area contributed by atoms with Crippen LogP contribution in [0.5, 0.6) is 0 Å². The minimum Gasteiger partial charge on any atom is -0.300 e. The third-order valence-electron chi connectivity index (χ3n) is 3.09. The molecule has 2 aromatic heterocycles. The Labute approximate surface area is 111 Å². The molecule has 2 aromatic rings. The van der Waals surface area contributed by atoms with Gasteiger partial charge in [0.1, 0.15) is 6.33 Å². The first-order chi connectivity index (χ1) is 9.08. The quantitative estimate of drug-likeness (QED) is 0.903. The van der Waals surface area contributed by atoms with Crippen LogP contribution in [0.25, 0.3) is 0 Å². The Kier molecular flexibility index (Phi) is 3.64. The lowest BCUT2D eigenvalue weighted by Crippen LogP contribution is -2.17. The Morgan fingerprint density at radius 3 is 2.63 bits per heavy atom. The lowest BCUT2D eigenvalue weighted by Gasteiger charge is -2.06. The molecule has 0 spiro atoms. The fraction of sp³-hybridized carbons (Fsp3) is 0.500. The molecule has 0 atom stereocenters. The maximum atomic E-state index is 12.3. The van der Waals surface area contributed by atoms with Crippen LogP contribution in [0.15, 0.2) is 6.33 Å². The molecule has 0 aromatic carbocycles. The van der Waals surface area contributed by atoms with Gasteiger partial charge in [0.25, 0.3) is 5.91 Å². The largest absolute Gasteiger partial charge is 0.300 e. The fourth-order valence-corrected chi connectivity index (χ4v) is 2.08. The Bertz CT molecular complexity index is 597. The predicted octanol–water partition coefficient (Wildman–Crippen LogP) is 1.38. The van der Waals surface area contributed by atoms with E-state index >= 15 is 0 Å². The van der Waals surface area contributed by atoms with Gasteiger partial charge in [-0.15, -0.1) is 10.2 Å². The number of amides is 1. The molecule has 0 aliphatic carbocycles. The van der Waals surface area contributed by atoms with Gasteiger partial charge >= 0.3 is 0 Å². The van der Waals surface area contributed by atoms with Crippen molar-refractivity contribution in [1.29, 1.82) is 0 Å². The summed E-state index contributed by atoms with van der Waals surface area (Å²) in [6.07, 6.45) is 1.59. The molecule has 0 fully saturated rings. The summed E-state index contributed by atoms with van der Waals surface area (Å²) in [5.74, 6) is 0.257. The van der Waals surface area contributed by atoms with Gasteiger partial charge in [-0.3, -0.25) is 19.4 Å². The van der Waals surface area contributed by atoms with Crippen molar-refractivity contribution >= 4 is 11.9 Å². The molecule has 1 N–H and O–H groups in total. The first-order valence-electron chi connectivity index (χ1n) is 6.31. The summed E-state index contributed by atoms with van der Waals surface area (Å²) in [4.78, 5) is 12.3. The second-order valence-electron chi connectivity index (χ2n) is 4.26. The topological polar surface area (TPSA) is 77.6 Å². The molecule has 102 valence electrons. The first-order valence-corrected chi connectivity index (χ1v) is 6.31. The van der Waals surface area contributed by atoms with Crippen LogP contribution in [0, 0.1) is 13.8 Å². The average Bonchev–Trinajstić information content (AvgIpc) is 2.93. The zero-order valence-corrected chi connectivity index (χ0v) is 11.6. The van der Waals surface area contributed by atoms with Gasteiger partial charge in [-0.25, -0.2) is 0 Å². The normalized spacial score (nSPS) is 10.7. The fourth-order valence-electron chi connectivity index (χ4n) is 2.08. The van der Waals surface area contributed by atoms with E-state index in [1.54, 1.807) is 10.9 Å². The van der Waals surface area contributed by atoms with Crippen molar-refractivity contribution in [2.75, 3.05) is 5.32 Å². The van der Waals surface area contributed by atoms with E-state index in [-0.39, 0.29) is 5.91 Å². The smallest absolute Gasteiger partial charge is 0.261 e. The summed E-state index contributed by atoms with van der Waals surface area (Å²) in [6.45, 7) is 9.13. The van der Waals surface area contributed by atoms with Crippen LogP contribution in [-0.4, -0.2) is 30.5 Å². The van der Waals surface area contributed by atoms with Gasteiger partial charge in [0, 0.05) is 18.8 Å². The third kappa shape index (κ3) is 2.35. The molecule has 0 radical (unpaired) electrons. The van der Waals surface area contributed by atoms with Crippen molar-refractivity contribution in [2.45, 2.75) is 40.8 Å². The Hall–Kier alpha value is -2.18. The number of anilines is 1. The van der Waals surface area contributed by atoms with E-state index in [1.165, 1.54) is 0 Å². The second kappa shape index (κ2) is 5.21. The van der Waals surface area contributed by atoms with Gasteiger partial charge in [-0.2, -0.15) is 5.10 Å². The lowest BCUT2D eigenvalue weighted by atomic mass is 10.2. The van der Waals surface area contributed by atoms with Crippen LogP contribution in [0.4, 0.5) is 5.95 Å². The lowest BCUT2D eigenvalue weighted by molar-refractivity contribution is 0.102. The monoisotopic (exact) mass is 262 g/mol. The summed E-state index contributed by atoms with van der Waals surface area (Å²) in [6, 6.07) is 0. The average molecular weight is 262 g/mol. The maximum absolute atomic E-state index is 12.3. The molecule has 7 nitrogen and oxygen atoms in total. The van der Waals surface area contributed by atoms with Gasteiger partial charge in [-0.1, -0.05) is 0 Å². The number of aryl methyl sites for hydroxylation is 3. The van der Waals surface area contributed by atoms with E-state index in [4.69, 9.17) is 0 Å². The van der Waals surface area contributed by atoms with Crippen LogP contribution < -0.4 is 5.32 Å². The molecule has 0 aliphatic heterocycles. The van der Waals surface area contributed by atoms with Crippen LogP contribution in [-0.2, 0) is 13.1 Å². The molecule has 1 amide bonds. The minimum atomic E-state index is -0.197. The number of hydrogen-bond donors (Lipinski definition) is 1. The number of rotatable bonds is 4. The summed E-state index contributed by atoms with van der Waals surface area (Å²) in [5, 5.41) is 14.8. The Morgan fingerprint density at radius 2 is 2.05 bits per heavy atom. The van der Waals surface area contributed by atoms with Crippen molar-refractivity contribution in [3.05, 3.63) is 23.3 Å². The van der Waals surface area contributed by atoms with Crippen molar-refractivity contribution < 1.29 is 4.79 Å². The van der Waals surface area contributed by atoms with Gasteiger partial charge in [0.2, 0.25) is 5.95 Å². The maximum Gasteiger partial charge on any atom is 0.261 e. The molecule has 0 saturated heterocycles. The number of carbonyl (C=O) groups excluding carboxylic acids is 1. The highest BCUT2D eigenvalue weighted by Gasteiger charge is 2.19. The zero-order chi connectivity index (χ0) is 14.0. The van der Waals surface area contributed by atoms with E-state index in [0.717, 1.165) is 17.9 Å². The van der Waals surface area contributed by atoms with E-state index in [9.17, 15) is 4.79 Å². The summed E-state index contributed by atoms with van der Waals surface area (Å²) < 4.78 is 3.58. The second-order valence-corrected chi connectivity index (χ2v) is 4.26. The molecule has 7 heteroatoms. The van der Waals surface area contributed by atoms with E-state index < -0.39 is 0 Å². The molecule has 0 bridgehead atoms. The van der Waals surface area contributed by atoms with Crippen molar-refractivity contribution in [1.82, 2.24) is 24.5 Å². The van der Waals surface area contributed by atoms with Crippen LogP contribution in [0.3, 0.4) is 0 Å². The zero-order valence-electron chi connectivity index (χ0n) is 11.6. The minimum absolute atomic E-state index is 0.197. The van der Waals surface area contributed by atoms with Crippen LogP contribution in [0.2, 0.25) is 0 Å². The third-order valence-corrected chi connectivity index (χ3v) is 3.09. The Morgan fingerprint density at radius 1 is 1.32 bits per heavy atom. The molecular formula is C12H18N6O. The number of hydrogen-bond acceptors (Lipinski definition) is 4. The van der Waals surface area contributed by atoms with Gasteiger partial charge in [0.15, 0.2) is 0 Å². The molecule has 19 heavy (non-hydrogen) atoms. The summed E-state index contributed by atoms with van der Waals surface area (Å²) >= 11 is 0. The number of carbonyl (C=O) groups is 1. The van der Waals surface area contributed by atoms with Gasteiger partial charge < -0.3 is 0 Å². The first kappa shape index (κ1) is 13.3. The van der Waals surface area contributed by atoms with Crippen molar-refractivity contribution in [3.63, 3.8) is 0 Å². The summed E-state index contributed by atoms with van der Waals surface area (Å²) in [5.41, 5.74) is 2.19. The number of nitrogens with zero attached hydrogens (tertiary/aromatic N) is 5. The predicted molar refractivity (Wildman–Crippen MR) is 71.0 cm³/mol. The van der Waals surface area contributed by atoms with Crippen molar-refractivity contribution in [2.24, 2.45) is 0 Å². The van der Waals surface area contributed by atoms with Crippen molar-refractivity contribution in [3.8, 4) is 0 Å². The van der Waals surface area contributed by atoms with Crippen LogP contribution in [0.1, 0.15) is 35.6 Å². The number of nitrogens with one attached hydrogen (secondary N) is 1. The van der Waals surface area contributed by atoms with Crippen LogP contribution >= 0.6 is 0 Å². The highest BCUT2D eigenvalue weighted by Crippen LogP contribution is 2.15. The standard InChI is InChI=1S/C12H18N6O/c1-5-17-7-13-15-12(17)14-11(19)10-8(3)16-18(6-2)9(10)4/h7H,5-6H2,1-4H3,(H,14,15,19). The van der Waals surface area contributed by atoms with Gasteiger partial charge in [0.05, 0.1) is 11.3 Å². The van der Waals surface area contributed by atoms with E-state index in [1.807, 2.05) is 32.4 Å². The highest BCUT2D eigenvalue weighted by atomic mass is 16.1. The highest BCUT2D eigenvalue weighted by molar-refractivity contribution is 6.05. The molecular weight excluding hydrogens is 244 g/mol. The molecule has 0 saturated carbocycles. The molecule has 0 aliphatic rings. The molecule has 2 heterocycles. The number of aromatic nitrogens is 5. The molecule has 2 rings (SSSR count).